The zero-order valence-corrected chi connectivity index (χ0v) is 40.5. The normalized spacial score (nSPS) is 16.9. The highest BCUT2D eigenvalue weighted by Crippen LogP contribution is 2.39. The van der Waals surface area contributed by atoms with E-state index in [0.29, 0.717) is 32.2 Å². The summed E-state index contributed by atoms with van der Waals surface area (Å²) in [5, 5.41) is 25.3. The number of hydrogen-bond acceptors (Lipinski definition) is 11. The first-order valence-corrected chi connectivity index (χ1v) is 27.2. The molecular weight excluding hydrogens is 936 g/mol. The Balaban J connectivity index is 0.000000155. The Morgan fingerprint density at radius 3 is 1.19 bits per heavy atom. The van der Waals surface area contributed by atoms with Crippen LogP contribution in [0.4, 0.5) is 11.4 Å². The Morgan fingerprint density at radius 1 is 0.478 bits per heavy atom. The third kappa shape index (κ3) is 12.1. The van der Waals surface area contributed by atoms with Gasteiger partial charge in [-0.2, -0.15) is 4.31 Å². The van der Waals surface area contributed by atoms with Gasteiger partial charge in [0.05, 0.1) is 33.4 Å². The molecule has 2 aliphatic heterocycles. The molecule has 0 atom stereocenters. The van der Waals surface area contributed by atoms with E-state index in [1.54, 1.807) is 12.1 Å². The number of fused-ring (bicyclic) bond motifs is 4. The fourth-order valence-electron chi connectivity index (χ4n) is 10.1. The van der Waals surface area contributed by atoms with E-state index in [2.05, 4.69) is 112 Å². The van der Waals surface area contributed by atoms with E-state index in [1.807, 2.05) is 0 Å². The minimum Gasteiger partial charge on any atom is -0.314 e. The van der Waals surface area contributed by atoms with Gasteiger partial charge in [0.1, 0.15) is 0 Å². The average Bonchev–Trinajstić information content (AvgIpc) is 3.63. The van der Waals surface area contributed by atoms with Crippen LogP contribution in [0.25, 0.3) is 0 Å². The minimum atomic E-state index is -3.77. The molecule has 14 nitrogen and oxygen atoms in total. The fourth-order valence-corrected chi connectivity index (χ4v) is 12.6. The molecule has 4 aliphatic rings. The van der Waals surface area contributed by atoms with Crippen molar-refractivity contribution in [2.75, 3.05) is 52.4 Å². The fraction of sp³-hybridized carbons (Fsp3) is 0.308. The third-order valence-electron chi connectivity index (χ3n) is 13.3. The quantitative estimate of drug-likeness (QED) is 0.0837. The molecule has 0 aromatic heterocycles. The molecule has 0 saturated carbocycles. The molecule has 2 aliphatic carbocycles. The number of halogens is 1. The molecule has 2 heterocycles. The van der Waals surface area contributed by atoms with E-state index in [-0.39, 0.29) is 34.3 Å². The molecule has 10 rings (SSSR count). The van der Waals surface area contributed by atoms with Crippen LogP contribution in [0.15, 0.2) is 146 Å². The van der Waals surface area contributed by atoms with Gasteiger partial charge in [0.2, 0.25) is 19.1 Å². The van der Waals surface area contributed by atoms with Crippen LogP contribution in [0.2, 0.25) is 0 Å². The SMILES string of the molecule is O=[N+]([O-])c1ccccc1CS(=O)(=O)Cl.O=[N+]([O-])c1ccccc1CS(=O)(=O)N1CCN(C2c3ccccc3CCc3ccccc32)CC1.c1ccc2c(c1)CCc1ccccc1C2N1CCNCC1. The maximum atomic E-state index is 13.1. The molecule has 0 bridgehead atoms. The molecule has 0 spiro atoms. The summed E-state index contributed by atoms with van der Waals surface area (Å²) in [5.74, 6) is -0.898. The molecule has 0 amide bonds. The van der Waals surface area contributed by atoms with Crippen molar-refractivity contribution in [1.82, 2.24) is 19.4 Å². The number of hydrogen-bond donors (Lipinski definition) is 1. The summed E-state index contributed by atoms with van der Waals surface area (Å²) in [7, 11) is -2.44. The topological polar surface area (TPSA) is 176 Å². The van der Waals surface area contributed by atoms with Gasteiger partial charge in [0.15, 0.2) is 0 Å². The third-order valence-corrected chi connectivity index (χ3v) is 16.1. The van der Waals surface area contributed by atoms with E-state index in [0.717, 1.165) is 51.9 Å². The first-order chi connectivity index (χ1) is 33.3. The number of piperazine rings is 2. The van der Waals surface area contributed by atoms with Gasteiger partial charge in [-0.25, -0.2) is 16.8 Å². The Kier molecular flexibility index (Phi) is 16.0. The number of para-hydroxylation sites is 2. The summed E-state index contributed by atoms with van der Waals surface area (Å²) in [6.45, 7) is 6.39. The van der Waals surface area contributed by atoms with Gasteiger partial charge in [-0.1, -0.05) is 133 Å². The van der Waals surface area contributed by atoms with Crippen LogP contribution in [-0.2, 0) is 56.3 Å². The number of nitrogens with zero attached hydrogens (tertiary/aromatic N) is 5. The maximum Gasteiger partial charge on any atom is 0.273 e. The van der Waals surface area contributed by atoms with Crippen LogP contribution in [0, 0.1) is 20.2 Å². The first-order valence-electron chi connectivity index (χ1n) is 23.1. The van der Waals surface area contributed by atoms with Crippen molar-refractivity contribution in [3.05, 3.63) is 221 Å². The standard InChI is InChI=1S/C26H27N3O4S.C19H22N2.C7H6ClNO4S/c30-29(31)25-12-6-3-9-22(25)19-34(32,33)28-17-15-27(16-18-28)26-23-10-4-1-7-20(23)13-14-21-8-2-5-11-24(21)26;1-3-7-17-15(5-1)9-10-16-6-2-4-8-18(16)19(17)21-13-11-20-12-14-21;8-14(12,13)5-6-3-1-2-4-7(6)9(10)11/h1-12,26H,13-19H2;1-8,19-20H,9-14H2;1-4H,5H2. The second kappa shape index (κ2) is 22.3. The highest BCUT2D eigenvalue weighted by atomic mass is 35.7. The Morgan fingerprint density at radius 2 is 0.812 bits per heavy atom. The second-order valence-corrected chi connectivity index (χ2v) is 22.3. The van der Waals surface area contributed by atoms with Crippen LogP contribution < -0.4 is 5.32 Å². The van der Waals surface area contributed by atoms with E-state index >= 15 is 0 Å². The van der Waals surface area contributed by atoms with Gasteiger partial charge in [-0.3, -0.25) is 30.0 Å². The molecule has 6 aromatic carbocycles. The number of sulfonamides is 1. The highest BCUT2D eigenvalue weighted by Gasteiger charge is 2.35. The molecule has 360 valence electrons. The largest absolute Gasteiger partial charge is 0.314 e. The van der Waals surface area contributed by atoms with Crippen LogP contribution in [0.1, 0.15) is 67.7 Å². The van der Waals surface area contributed by atoms with Crippen LogP contribution >= 0.6 is 10.7 Å². The molecule has 6 aromatic rings. The molecule has 0 radical (unpaired) electrons. The molecule has 1 N–H and O–H groups in total. The number of rotatable bonds is 9. The summed E-state index contributed by atoms with van der Waals surface area (Å²) in [6, 6.07) is 47.3. The predicted molar refractivity (Wildman–Crippen MR) is 269 cm³/mol. The molecule has 17 heteroatoms. The van der Waals surface area contributed by atoms with Crippen LogP contribution in [0.3, 0.4) is 0 Å². The van der Waals surface area contributed by atoms with Crippen molar-refractivity contribution in [2.24, 2.45) is 0 Å². The lowest BCUT2D eigenvalue weighted by Crippen LogP contribution is -2.50. The summed E-state index contributed by atoms with van der Waals surface area (Å²) < 4.78 is 49.2. The lowest BCUT2D eigenvalue weighted by atomic mass is 9.93. The molecule has 69 heavy (non-hydrogen) atoms. The van der Waals surface area contributed by atoms with Crippen LogP contribution in [-0.4, -0.2) is 93.1 Å². The lowest BCUT2D eigenvalue weighted by Gasteiger charge is -2.39. The van der Waals surface area contributed by atoms with Gasteiger partial charge in [0, 0.05) is 86.3 Å². The molecule has 0 unspecified atom stereocenters. The molecular formula is C52H55ClN6O8S2. The van der Waals surface area contributed by atoms with Crippen molar-refractivity contribution >= 4 is 41.1 Å². The number of nitro benzene ring substituents is 2. The summed E-state index contributed by atoms with van der Waals surface area (Å²) in [5.41, 5.74) is 11.3. The zero-order valence-electron chi connectivity index (χ0n) is 38.1. The maximum absolute atomic E-state index is 13.1. The van der Waals surface area contributed by atoms with E-state index < -0.39 is 34.7 Å². The van der Waals surface area contributed by atoms with Crippen molar-refractivity contribution in [3.8, 4) is 0 Å². The molecule has 2 saturated heterocycles. The van der Waals surface area contributed by atoms with Crippen molar-refractivity contribution in [1.29, 1.82) is 0 Å². The van der Waals surface area contributed by atoms with E-state index in [4.69, 9.17) is 10.7 Å². The van der Waals surface area contributed by atoms with Gasteiger partial charge in [-0.05, 0) is 70.2 Å². The highest BCUT2D eigenvalue weighted by molar-refractivity contribution is 8.13. The number of nitro groups is 2. The molecule has 2 fully saturated rings. The van der Waals surface area contributed by atoms with Gasteiger partial charge in [-0.15, -0.1) is 0 Å². The first kappa shape index (κ1) is 49.6. The Bertz CT molecular complexity index is 2920. The van der Waals surface area contributed by atoms with Crippen molar-refractivity contribution in [3.63, 3.8) is 0 Å². The smallest absolute Gasteiger partial charge is 0.273 e. The van der Waals surface area contributed by atoms with E-state index in [1.165, 1.54) is 85.2 Å². The summed E-state index contributed by atoms with van der Waals surface area (Å²) >= 11 is 0. The Hall–Kier alpha value is -5.85. The van der Waals surface area contributed by atoms with E-state index in [9.17, 15) is 37.1 Å². The monoisotopic (exact) mass is 990 g/mol. The van der Waals surface area contributed by atoms with Gasteiger partial charge >= 0.3 is 0 Å². The van der Waals surface area contributed by atoms with Crippen molar-refractivity contribution in [2.45, 2.75) is 49.3 Å². The van der Waals surface area contributed by atoms with Gasteiger partial charge in [0.25, 0.3) is 11.4 Å². The van der Waals surface area contributed by atoms with Gasteiger partial charge < -0.3 is 5.32 Å². The number of aryl methyl sites for hydroxylation is 4. The minimum absolute atomic E-state index is 0.0903. The predicted octanol–water partition coefficient (Wildman–Crippen LogP) is 8.37. The second-order valence-electron chi connectivity index (χ2n) is 17.5. The van der Waals surface area contributed by atoms with Crippen molar-refractivity contribution < 1.29 is 26.7 Å². The zero-order chi connectivity index (χ0) is 48.5. The number of nitrogens with one attached hydrogen (secondary N) is 1. The number of benzene rings is 6. The lowest BCUT2D eigenvalue weighted by molar-refractivity contribution is -0.385. The summed E-state index contributed by atoms with van der Waals surface area (Å²) in [6.07, 6.45) is 4.31. The summed E-state index contributed by atoms with van der Waals surface area (Å²) in [4.78, 5) is 25.7. The average molecular weight is 992 g/mol. The van der Waals surface area contributed by atoms with Crippen LogP contribution in [0.5, 0.6) is 0 Å². The Labute approximate surface area is 408 Å².